The second-order valence-corrected chi connectivity index (χ2v) is 6.90. The minimum atomic E-state index is 0.116. The van der Waals surface area contributed by atoms with Crippen molar-refractivity contribution in [2.75, 3.05) is 6.54 Å². The minimum absolute atomic E-state index is 0.116. The van der Waals surface area contributed by atoms with Crippen molar-refractivity contribution in [3.8, 4) is 10.6 Å². The number of carbonyl (C=O) groups excluding carboxylic acids is 1. The molecule has 0 aliphatic carbocycles. The monoisotopic (exact) mass is 316 g/mol. The first-order valence-corrected chi connectivity index (χ1v) is 8.70. The molecule has 0 atom stereocenters. The average Bonchev–Trinajstić information content (AvgIpc) is 2.93. The molecule has 0 unspecified atom stereocenters. The molecule has 2 rings (SSSR count). The van der Waals surface area contributed by atoms with Gasteiger partial charge in [-0.05, 0) is 31.7 Å². The summed E-state index contributed by atoms with van der Waals surface area (Å²) in [5, 5.41) is 6.05. The molecule has 22 heavy (non-hydrogen) atoms. The molecule has 0 spiro atoms. The van der Waals surface area contributed by atoms with Crippen LogP contribution in [0.4, 0.5) is 0 Å². The summed E-state index contributed by atoms with van der Waals surface area (Å²) >= 11 is 1.64. The van der Waals surface area contributed by atoms with E-state index >= 15 is 0 Å². The molecule has 0 saturated carbocycles. The summed E-state index contributed by atoms with van der Waals surface area (Å²) in [6.45, 7) is 7.17. The molecule has 3 nitrogen and oxygen atoms in total. The summed E-state index contributed by atoms with van der Waals surface area (Å²) in [7, 11) is 0. The Morgan fingerprint density at radius 1 is 1.36 bits per heavy atom. The van der Waals surface area contributed by atoms with Crippen LogP contribution in [0.3, 0.4) is 0 Å². The molecule has 1 aromatic carbocycles. The van der Waals surface area contributed by atoms with Crippen LogP contribution < -0.4 is 5.32 Å². The number of rotatable bonds is 7. The number of nitrogens with one attached hydrogen (secondary N) is 1. The summed E-state index contributed by atoms with van der Waals surface area (Å²) in [6, 6.07) is 8.35. The van der Waals surface area contributed by atoms with Crippen LogP contribution in [0.25, 0.3) is 10.6 Å². The number of aromatic nitrogens is 1. The van der Waals surface area contributed by atoms with Crippen molar-refractivity contribution in [1.29, 1.82) is 0 Å². The van der Waals surface area contributed by atoms with Gasteiger partial charge in [0.2, 0.25) is 5.91 Å². The lowest BCUT2D eigenvalue weighted by Crippen LogP contribution is -2.25. The molecule has 0 radical (unpaired) electrons. The van der Waals surface area contributed by atoms with Crippen LogP contribution in [-0.4, -0.2) is 17.4 Å². The molecule has 0 aliphatic heterocycles. The molecule has 1 N–H and O–H groups in total. The van der Waals surface area contributed by atoms with Crippen LogP contribution in [0.2, 0.25) is 0 Å². The number of benzene rings is 1. The Morgan fingerprint density at radius 2 is 2.18 bits per heavy atom. The second-order valence-electron chi connectivity index (χ2n) is 6.05. The topological polar surface area (TPSA) is 42.0 Å². The van der Waals surface area contributed by atoms with Gasteiger partial charge < -0.3 is 5.32 Å². The number of aryl methyl sites for hydroxylation is 2. The highest BCUT2D eigenvalue weighted by molar-refractivity contribution is 7.13. The molecular formula is C18H24N2OS. The summed E-state index contributed by atoms with van der Waals surface area (Å²) < 4.78 is 0. The number of hydrogen-bond donors (Lipinski definition) is 1. The smallest absolute Gasteiger partial charge is 0.220 e. The Hall–Kier alpha value is -1.68. The first-order valence-electron chi connectivity index (χ1n) is 7.82. The zero-order valence-corrected chi connectivity index (χ0v) is 14.4. The maximum Gasteiger partial charge on any atom is 0.220 e. The summed E-state index contributed by atoms with van der Waals surface area (Å²) in [5.74, 6) is 0.737. The van der Waals surface area contributed by atoms with Gasteiger partial charge in [0.1, 0.15) is 5.01 Å². The third-order valence-electron chi connectivity index (χ3n) is 3.47. The van der Waals surface area contributed by atoms with E-state index in [1.165, 1.54) is 5.56 Å². The molecule has 0 aliphatic rings. The fourth-order valence-electron chi connectivity index (χ4n) is 2.16. The van der Waals surface area contributed by atoms with Crippen molar-refractivity contribution >= 4 is 17.2 Å². The van der Waals surface area contributed by atoms with E-state index in [1.807, 2.05) is 6.07 Å². The fraction of sp³-hybridized carbons (Fsp3) is 0.444. The van der Waals surface area contributed by atoms with Crippen molar-refractivity contribution in [2.45, 2.75) is 40.0 Å². The first-order chi connectivity index (χ1) is 10.5. The van der Waals surface area contributed by atoms with Crippen molar-refractivity contribution in [3.05, 3.63) is 40.9 Å². The van der Waals surface area contributed by atoms with Crippen molar-refractivity contribution in [2.24, 2.45) is 5.92 Å². The Kier molecular flexibility index (Phi) is 6.13. The summed E-state index contributed by atoms with van der Waals surface area (Å²) in [5.41, 5.74) is 3.39. The van der Waals surface area contributed by atoms with Crippen molar-refractivity contribution in [1.82, 2.24) is 10.3 Å². The molecule has 4 heteroatoms. The van der Waals surface area contributed by atoms with Crippen molar-refractivity contribution in [3.63, 3.8) is 0 Å². The van der Waals surface area contributed by atoms with Gasteiger partial charge in [0.05, 0.1) is 5.69 Å². The third kappa shape index (κ3) is 5.26. The highest BCUT2D eigenvalue weighted by Gasteiger charge is 2.07. The predicted octanol–water partition coefficient (Wildman–Crippen LogP) is 4.21. The molecule has 1 aromatic heterocycles. The van der Waals surface area contributed by atoms with Gasteiger partial charge in [0.15, 0.2) is 0 Å². The van der Waals surface area contributed by atoms with Gasteiger partial charge in [0, 0.05) is 23.9 Å². The maximum atomic E-state index is 11.8. The molecule has 2 aromatic rings. The van der Waals surface area contributed by atoms with E-state index in [0.717, 1.165) is 29.2 Å². The third-order valence-corrected chi connectivity index (χ3v) is 4.41. The highest BCUT2D eigenvalue weighted by atomic mass is 32.1. The maximum absolute atomic E-state index is 11.8. The number of carbonyl (C=O) groups is 1. The Labute approximate surface area is 136 Å². The van der Waals surface area contributed by atoms with E-state index in [-0.39, 0.29) is 5.91 Å². The molecule has 1 heterocycles. The van der Waals surface area contributed by atoms with E-state index in [2.05, 4.69) is 54.7 Å². The van der Waals surface area contributed by atoms with E-state index in [0.29, 0.717) is 18.8 Å². The van der Waals surface area contributed by atoms with Crippen LogP contribution in [-0.2, 0) is 11.2 Å². The summed E-state index contributed by atoms with van der Waals surface area (Å²) in [6.07, 6.45) is 2.24. The van der Waals surface area contributed by atoms with Gasteiger partial charge >= 0.3 is 0 Å². The number of thiazole rings is 1. The number of nitrogens with zero attached hydrogens (tertiary/aromatic N) is 1. The molecule has 1 amide bonds. The van der Waals surface area contributed by atoms with E-state index in [9.17, 15) is 4.79 Å². The fourth-order valence-corrected chi connectivity index (χ4v) is 3.01. The van der Waals surface area contributed by atoms with Crippen molar-refractivity contribution < 1.29 is 4.79 Å². The van der Waals surface area contributed by atoms with E-state index in [4.69, 9.17) is 0 Å². The van der Waals surface area contributed by atoms with Crippen LogP contribution >= 0.6 is 11.3 Å². The van der Waals surface area contributed by atoms with Crippen LogP contribution in [0.1, 0.15) is 37.9 Å². The van der Waals surface area contributed by atoms with Crippen LogP contribution in [0.5, 0.6) is 0 Å². The lowest BCUT2D eigenvalue weighted by molar-refractivity contribution is -0.121. The first kappa shape index (κ1) is 16.7. The number of hydrogen-bond acceptors (Lipinski definition) is 3. The van der Waals surface area contributed by atoms with Gasteiger partial charge in [-0.15, -0.1) is 11.3 Å². The van der Waals surface area contributed by atoms with Crippen LogP contribution in [0, 0.1) is 12.8 Å². The van der Waals surface area contributed by atoms with Gasteiger partial charge in [-0.1, -0.05) is 37.6 Å². The van der Waals surface area contributed by atoms with E-state index < -0.39 is 0 Å². The minimum Gasteiger partial charge on any atom is -0.356 e. The number of amides is 1. The second kappa shape index (κ2) is 8.08. The van der Waals surface area contributed by atoms with Gasteiger partial charge in [-0.25, -0.2) is 4.98 Å². The lowest BCUT2D eigenvalue weighted by atomic mass is 10.1. The van der Waals surface area contributed by atoms with Gasteiger partial charge in [0.25, 0.3) is 0 Å². The molecule has 118 valence electrons. The zero-order chi connectivity index (χ0) is 15.9. The predicted molar refractivity (Wildman–Crippen MR) is 93.1 cm³/mol. The largest absolute Gasteiger partial charge is 0.356 e. The van der Waals surface area contributed by atoms with Gasteiger partial charge in [-0.3, -0.25) is 4.79 Å². The molecule has 0 bridgehead atoms. The lowest BCUT2D eigenvalue weighted by Gasteiger charge is -2.06. The Balaban J connectivity index is 1.83. The average molecular weight is 316 g/mol. The standard InChI is InChI=1S/C18H24N2OS/c1-13(2)9-10-19-17(21)8-7-16-12-22-18(20-16)15-6-4-5-14(3)11-15/h4-6,11-13H,7-10H2,1-3H3,(H,19,21). The Morgan fingerprint density at radius 3 is 2.91 bits per heavy atom. The van der Waals surface area contributed by atoms with E-state index in [1.54, 1.807) is 11.3 Å². The Bertz CT molecular complexity index is 619. The normalized spacial score (nSPS) is 10.9. The molecule has 0 fully saturated rings. The molecular weight excluding hydrogens is 292 g/mol. The van der Waals surface area contributed by atoms with Gasteiger partial charge in [-0.2, -0.15) is 0 Å². The quantitative estimate of drug-likeness (QED) is 0.831. The highest BCUT2D eigenvalue weighted by Crippen LogP contribution is 2.24. The van der Waals surface area contributed by atoms with Crippen LogP contribution in [0.15, 0.2) is 29.6 Å². The SMILES string of the molecule is Cc1cccc(-c2nc(CCC(=O)NCCC(C)C)cs2)c1. The summed E-state index contributed by atoms with van der Waals surface area (Å²) in [4.78, 5) is 16.4. The molecule has 0 saturated heterocycles. The zero-order valence-electron chi connectivity index (χ0n) is 13.6.